The largest absolute Gasteiger partial charge is 0.508 e. The molecule has 0 radical (unpaired) electrons. The molecule has 2 N–H and O–H groups in total. The molecular formula is C28H27Cl2NO4. The molecule has 7 heteroatoms. The highest BCUT2D eigenvalue weighted by atomic mass is 35.5. The SMILES string of the molecule is CC1=C(C(=O)OC2CCCC2)C(c2cccc(O)c2)C2=C(CC(c3ccc(Cl)c(Cl)c3)CC2=O)N1. The molecule has 0 amide bonds. The van der Waals surface area contributed by atoms with E-state index in [1.807, 2.05) is 25.1 Å². The van der Waals surface area contributed by atoms with E-state index in [4.69, 9.17) is 27.9 Å². The number of rotatable bonds is 4. The van der Waals surface area contributed by atoms with Crippen LogP contribution in [0.2, 0.25) is 10.0 Å². The van der Waals surface area contributed by atoms with E-state index in [9.17, 15) is 14.7 Å². The number of nitrogens with one attached hydrogen (secondary N) is 1. The van der Waals surface area contributed by atoms with Gasteiger partial charge in [0.1, 0.15) is 11.9 Å². The number of Topliss-reactive ketones (excluding diaryl/α,β-unsaturated/α-hetero) is 1. The summed E-state index contributed by atoms with van der Waals surface area (Å²) in [6.45, 7) is 1.85. The van der Waals surface area contributed by atoms with E-state index in [1.165, 1.54) is 0 Å². The minimum absolute atomic E-state index is 0.0400. The van der Waals surface area contributed by atoms with Gasteiger partial charge in [-0.3, -0.25) is 4.79 Å². The standard InChI is InChI=1S/C28H27Cl2NO4/c1-15-25(28(34)35-20-7-2-3-8-20)26(17-5-4-6-19(32)11-17)27-23(31-15)13-18(14-24(27)33)16-9-10-21(29)22(30)12-16/h4-6,9-12,18,20,26,31-32H,2-3,7-8,13-14H2,1H3. The summed E-state index contributed by atoms with van der Waals surface area (Å²) in [6.07, 6.45) is 4.61. The molecule has 3 aliphatic rings. The Morgan fingerprint density at radius 1 is 1.03 bits per heavy atom. The molecule has 182 valence electrons. The molecule has 5 rings (SSSR count). The van der Waals surface area contributed by atoms with E-state index in [0.717, 1.165) is 36.9 Å². The number of carbonyl (C=O) groups is 2. The number of carbonyl (C=O) groups excluding carboxylic acids is 2. The third kappa shape index (κ3) is 4.72. The Morgan fingerprint density at radius 2 is 1.80 bits per heavy atom. The van der Waals surface area contributed by atoms with Crippen molar-refractivity contribution in [3.05, 3.63) is 86.2 Å². The summed E-state index contributed by atoms with van der Waals surface area (Å²) >= 11 is 12.3. The third-order valence-electron chi connectivity index (χ3n) is 7.24. The Balaban J connectivity index is 1.54. The lowest BCUT2D eigenvalue weighted by atomic mass is 9.71. The molecule has 0 aromatic heterocycles. The Bertz CT molecular complexity index is 1260. The van der Waals surface area contributed by atoms with Crippen molar-refractivity contribution in [3.8, 4) is 5.75 Å². The Kier molecular flexibility index (Phi) is 6.65. The lowest BCUT2D eigenvalue weighted by Crippen LogP contribution is -2.36. The summed E-state index contributed by atoms with van der Waals surface area (Å²) in [6, 6.07) is 12.2. The zero-order chi connectivity index (χ0) is 24.7. The van der Waals surface area contributed by atoms with Crippen LogP contribution in [0.1, 0.15) is 68.4 Å². The maximum absolute atomic E-state index is 13.7. The van der Waals surface area contributed by atoms with Crippen LogP contribution in [0, 0.1) is 0 Å². The number of ketones is 1. The highest BCUT2D eigenvalue weighted by Crippen LogP contribution is 2.46. The first-order chi connectivity index (χ1) is 16.8. The van der Waals surface area contributed by atoms with Gasteiger partial charge in [0.15, 0.2) is 5.78 Å². The summed E-state index contributed by atoms with van der Waals surface area (Å²) < 4.78 is 5.87. The zero-order valence-corrected chi connectivity index (χ0v) is 21.0. The van der Waals surface area contributed by atoms with Crippen molar-refractivity contribution in [2.45, 2.75) is 63.4 Å². The number of hydrogen-bond donors (Lipinski definition) is 2. The monoisotopic (exact) mass is 511 g/mol. The average Bonchev–Trinajstić information content (AvgIpc) is 3.32. The molecule has 0 spiro atoms. The van der Waals surface area contributed by atoms with E-state index in [2.05, 4.69) is 5.32 Å². The van der Waals surface area contributed by atoms with Gasteiger partial charge in [0.05, 0.1) is 15.6 Å². The Labute approximate surface area is 214 Å². The van der Waals surface area contributed by atoms with Gasteiger partial charge < -0.3 is 15.2 Å². The third-order valence-corrected chi connectivity index (χ3v) is 7.98. The van der Waals surface area contributed by atoms with Crippen LogP contribution in [0.5, 0.6) is 5.75 Å². The molecule has 2 atom stereocenters. The van der Waals surface area contributed by atoms with Crippen LogP contribution >= 0.6 is 23.2 Å². The number of ether oxygens (including phenoxy) is 1. The number of allylic oxidation sites excluding steroid dienone is 3. The molecule has 2 unspecified atom stereocenters. The lowest BCUT2D eigenvalue weighted by molar-refractivity contribution is -0.144. The van der Waals surface area contributed by atoms with Crippen molar-refractivity contribution in [2.75, 3.05) is 0 Å². The van der Waals surface area contributed by atoms with Gasteiger partial charge in [-0.15, -0.1) is 0 Å². The van der Waals surface area contributed by atoms with Crippen molar-refractivity contribution in [1.29, 1.82) is 0 Å². The van der Waals surface area contributed by atoms with Gasteiger partial charge in [-0.1, -0.05) is 41.4 Å². The minimum Gasteiger partial charge on any atom is -0.508 e. The highest BCUT2D eigenvalue weighted by molar-refractivity contribution is 6.42. The summed E-state index contributed by atoms with van der Waals surface area (Å²) in [7, 11) is 0. The molecule has 1 aliphatic heterocycles. The number of benzene rings is 2. The molecule has 5 nitrogen and oxygen atoms in total. The summed E-state index contributed by atoms with van der Waals surface area (Å²) in [5.74, 6) is -1.02. The van der Waals surface area contributed by atoms with Crippen LogP contribution < -0.4 is 5.32 Å². The average molecular weight is 512 g/mol. The van der Waals surface area contributed by atoms with E-state index in [0.29, 0.717) is 38.9 Å². The molecule has 0 saturated heterocycles. The number of hydrogen-bond acceptors (Lipinski definition) is 5. The van der Waals surface area contributed by atoms with Gasteiger partial charge in [0.25, 0.3) is 0 Å². The fourth-order valence-electron chi connectivity index (χ4n) is 5.57. The van der Waals surface area contributed by atoms with Crippen molar-refractivity contribution >= 4 is 35.0 Å². The second-order valence-electron chi connectivity index (χ2n) is 9.60. The van der Waals surface area contributed by atoms with Crippen LogP contribution in [-0.4, -0.2) is 23.0 Å². The predicted molar refractivity (Wildman–Crippen MR) is 136 cm³/mol. The van der Waals surface area contributed by atoms with E-state index < -0.39 is 11.9 Å². The molecule has 2 aromatic rings. The van der Waals surface area contributed by atoms with Crippen molar-refractivity contribution in [3.63, 3.8) is 0 Å². The van der Waals surface area contributed by atoms with Gasteiger partial charge in [-0.25, -0.2) is 4.79 Å². The van der Waals surface area contributed by atoms with Crippen LogP contribution in [0.4, 0.5) is 0 Å². The number of phenols is 1. The van der Waals surface area contributed by atoms with Gasteiger partial charge in [-0.2, -0.15) is 0 Å². The molecule has 1 saturated carbocycles. The number of phenolic OH excluding ortho intramolecular Hbond substituents is 1. The van der Waals surface area contributed by atoms with Crippen LogP contribution in [0.25, 0.3) is 0 Å². The van der Waals surface area contributed by atoms with Crippen molar-refractivity contribution in [2.24, 2.45) is 0 Å². The van der Waals surface area contributed by atoms with E-state index >= 15 is 0 Å². The minimum atomic E-state index is -0.602. The zero-order valence-electron chi connectivity index (χ0n) is 19.4. The van der Waals surface area contributed by atoms with E-state index in [1.54, 1.807) is 24.3 Å². The molecule has 2 aromatic carbocycles. The van der Waals surface area contributed by atoms with E-state index in [-0.39, 0.29) is 30.0 Å². The second-order valence-corrected chi connectivity index (χ2v) is 10.4. The number of esters is 1. The first-order valence-corrected chi connectivity index (χ1v) is 12.8. The fraction of sp³-hybridized carbons (Fsp3) is 0.357. The van der Waals surface area contributed by atoms with Gasteiger partial charge in [-0.05, 0) is 80.3 Å². The molecular weight excluding hydrogens is 485 g/mol. The molecule has 1 heterocycles. The Morgan fingerprint density at radius 3 is 2.51 bits per heavy atom. The number of aromatic hydroxyl groups is 1. The number of dihydropyridines is 1. The molecule has 0 bridgehead atoms. The van der Waals surface area contributed by atoms with Crippen LogP contribution in [-0.2, 0) is 14.3 Å². The van der Waals surface area contributed by atoms with Gasteiger partial charge in [0.2, 0.25) is 0 Å². The maximum Gasteiger partial charge on any atom is 0.337 e. The smallest absolute Gasteiger partial charge is 0.337 e. The summed E-state index contributed by atoms with van der Waals surface area (Å²) in [4.78, 5) is 27.1. The molecule has 2 aliphatic carbocycles. The summed E-state index contributed by atoms with van der Waals surface area (Å²) in [5.41, 5.74) is 4.10. The normalized spacial score (nSPS) is 22.8. The second kappa shape index (κ2) is 9.71. The molecule has 1 fully saturated rings. The highest BCUT2D eigenvalue weighted by Gasteiger charge is 2.42. The van der Waals surface area contributed by atoms with Gasteiger partial charge >= 0.3 is 5.97 Å². The fourth-order valence-corrected chi connectivity index (χ4v) is 5.88. The molecule has 35 heavy (non-hydrogen) atoms. The van der Waals surface area contributed by atoms with Crippen LogP contribution in [0.15, 0.2) is 65.0 Å². The van der Waals surface area contributed by atoms with Crippen molar-refractivity contribution < 1.29 is 19.4 Å². The first kappa shape index (κ1) is 24.0. The number of halogens is 2. The predicted octanol–water partition coefficient (Wildman–Crippen LogP) is 6.55. The van der Waals surface area contributed by atoms with Crippen LogP contribution in [0.3, 0.4) is 0 Å². The maximum atomic E-state index is 13.7. The lowest BCUT2D eigenvalue weighted by Gasteiger charge is -2.37. The van der Waals surface area contributed by atoms with Gasteiger partial charge in [0, 0.05) is 29.3 Å². The van der Waals surface area contributed by atoms with Crippen molar-refractivity contribution in [1.82, 2.24) is 5.32 Å². The quantitative estimate of drug-likeness (QED) is 0.455. The Hall–Kier alpha value is -2.76. The summed E-state index contributed by atoms with van der Waals surface area (Å²) in [5, 5.41) is 14.5. The topological polar surface area (TPSA) is 75.6 Å². The first-order valence-electron chi connectivity index (χ1n) is 12.0.